The molecule has 1 N–H and O–H groups in total. The van der Waals surface area contributed by atoms with Crippen molar-refractivity contribution in [1.29, 1.82) is 0 Å². The van der Waals surface area contributed by atoms with E-state index in [0.717, 1.165) is 18.8 Å². The van der Waals surface area contributed by atoms with Crippen LogP contribution in [0.4, 0.5) is 0 Å². The summed E-state index contributed by atoms with van der Waals surface area (Å²) in [5.74, 6) is 0. The Bertz CT molecular complexity index is 658. The van der Waals surface area contributed by atoms with E-state index in [1.54, 1.807) is 12.4 Å². The molecule has 108 valence electrons. The summed E-state index contributed by atoms with van der Waals surface area (Å²) < 4.78 is 3.95. The second-order valence-electron chi connectivity index (χ2n) is 5.02. The lowest BCUT2D eigenvalue weighted by Crippen LogP contribution is -2.23. The van der Waals surface area contributed by atoms with Crippen LogP contribution in [0.25, 0.3) is 5.69 Å². The summed E-state index contributed by atoms with van der Waals surface area (Å²) >= 11 is 0. The number of aromatic nitrogens is 4. The van der Waals surface area contributed by atoms with Gasteiger partial charge in [0.15, 0.2) is 0 Å². The zero-order valence-corrected chi connectivity index (χ0v) is 12.1. The second kappa shape index (κ2) is 6.37. The van der Waals surface area contributed by atoms with E-state index >= 15 is 0 Å². The lowest BCUT2D eigenvalue weighted by Gasteiger charge is -2.15. The average molecular weight is 281 g/mol. The Hall–Kier alpha value is -2.40. The van der Waals surface area contributed by atoms with Crippen LogP contribution in [0.2, 0.25) is 0 Å². The standard InChI is InChI=1S/C16H19N5/c1-14(18-8-11-20-10-7-17-13-20)15-4-2-5-16(12-15)21-9-3-6-19-21/h2-7,9-10,12-14,18H,8,11H2,1H3/t14-/m1/s1. The summed E-state index contributed by atoms with van der Waals surface area (Å²) in [4.78, 5) is 4.04. The van der Waals surface area contributed by atoms with Crippen molar-refractivity contribution in [3.63, 3.8) is 0 Å². The summed E-state index contributed by atoms with van der Waals surface area (Å²) in [6.07, 6.45) is 9.36. The van der Waals surface area contributed by atoms with Crippen LogP contribution < -0.4 is 5.32 Å². The molecule has 2 aromatic heterocycles. The lowest BCUT2D eigenvalue weighted by molar-refractivity contribution is 0.531. The Morgan fingerprint density at radius 1 is 1.19 bits per heavy atom. The maximum atomic E-state index is 4.27. The van der Waals surface area contributed by atoms with Crippen molar-refractivity contribution < 1.29 is 0 Å². The maximum Gasteiger partial charge on any atom is 0.0946 e. The minimum atomic E-state index is 0.295. The van der Waals surface area contributed by atoms with E-state index in [0.29, 0.717) is 6.04 Å². The van der Waals surface area contributed by atoms with Gasteiger partial charge < -0.3 is 9.88 Å². The van der Waals surface area contributed by atoms with Gasteiger partial charge in [0.25, 0.3) is 0 Å². The van der Waals surface area contributed by atoms with Gasteiger partial charge >= 0.3 is 0 Å². The van der Waals surface area contributed by atoms with E-state index in [1.165, 1.54) is 5.56 Å². The predicted octanol–water partition coefficient (Wildman–Crippen LogP) is 2.42. The van der Waals surface area contributed by atoms with Crippen molar-refractivity contribution in [3.05, 3.63) is 67.0 Å². The topological polar surface area (TPSA) is 47.7 Å². The molecule has 0 aliphatic heterocycles. The summed E-state index contributed by atoms with van der Waals surface area (Å²) in [5.41, 5.74) is 2.34. The van der Waals surface area contributed by atoms with E-state index in [2.05, 4.69) is 51.2 Å². The molecule has 0 saturated carbocycles. The maximum absolute atomic E-state index is 4.27. The Morgan fingerprint density at radius 3 is 2.90 bits per heavy atom. The third-order valence-corrected chi connectivity index (χ3v) is 3.52. The van der Waals surface area contributed by atoms with Gasteiger partial charge in [-0.05, 0) is 30.7 Å². The van der Waals surface area contributed by atoms with Crippen LogP contribution in [0.5, 0.6) is 0 Å². The highest BCUT2D eigenvalue weighted by atomic mass is 15.3. The average Bonchev–Trinajstić information content (AvgIpc) is 3.21. The van der Waals surface area contributed by atoms with E-state index in [4.69, 9.17) is 0 Å². The van der Waals surface area contributed by atoms with Crippen molar-refractivity contribution in [2.75, 3.05) is 6.54 Å². The molecule has 0 bridgehead atoms. The Kier molecular flexibility index (Phi) is 4.12. The highest BCUT2D eigenvalue weighted by molar-refractivity contribution is 5.36. The summed E-state index contributed by atoms with van der Waals surface area (Å²) in [5, 5.41) is 7.80. The van der Waals surface area contributed by atoms with E-state index in [-0.39, 0.29) is 0 Å². The molecule has 2 heterocycles. The molecule has 0 unspecified atom stereocenters. The molecule has 1 atom stereocenters. The van der Waals surface area contributed by atoms with Crippen LogP contribution in [0, 0.1) is 0 Å². The van der Waals surface area contributed by atoms with Gasteiger partial charge in [0.1, 0.15) is 0 Å². The lowest BCUT2D eigenvalue weighted by atomic mass is 10.1. The number of hydrogen-bond acceptors (Lipinski definition) is 3. The first kappa shape index (κ1) is 13.6. The molecule has 0 aliphatic rings. The number of rotatable bonds is 6. The summed E-state index contributed by atoms with van der Waals surface area (Å²) in [7, 11) is 0. The minimum absolute atomic E-state index is 0.295. The number of nitrogens with one attached hydrogen (secondary N) is 1. The van der Waals surface area contributed by atoms with Crippen LogP contribution in [-0.2, 0) is 6.54 Å². The molecular formula is C16H19N5. The molecule has 0 saturated heterocycles. The highest BCUT2D eigenvalue weighted by Crippen LogP contribution is 2.16. The Balaban J connectivity index is 1.62. The molecule has 3 aromatic rings. The number of hydrogen-bond donors (Lipinski definition) is 1. The van der Waals surface area contributed by atoms with Crippen LogP contribution in [0.15, 0.2) is 61.4 Å². The van der Waals surface area contributed by atoms with Gasteiger partial charge in [0, 0.05) is 43.9 Å². The van der Waals surface area contributed by atoms with E-state index < -0.39 is 0 Å². The van der Waals surface area contributed by atoms with Gasteiger partial charge in [0.05, 0.1) is 12.0 Å². The summed E-state index contributed by atoms with van der Waals surface area (Å²) in [6, 6.07) is 10.7. The third kappa shape index (κ3) is 3.38. The second-order valence-corrected chi connectivity index (χ2v) is 5.02. The minimum Gasteiger partial charge on any atom is -0.336 e. The van der Waals surface area contributed by atoms with Gasteiger partial charge in [0.2, 0.25) is 0 Å². The quantitative estimate of drug-likeness (QED) is 0.755. The fraction of sp³-hybridized carbons (Fsp3) is 0.250. The van der Waals surface area contributed by atoms with Gasteiger partial charge in [-0.1, -0.05) is 12.1 Å². The SMILES string of the molecule is C[C@@H](NCCn1ccnc1)c1cccc(-n2cccn2)c1. The highest BCUT2D eigenvalue weighted by Gasteiger charge is 2.06. The number of nitrogens with zero attached hydrogens (tertiary/aromatic N) is 4. The molecule has 1 aromatic carbocycles. The van der Waals surface area contributed by atoms with Gasteiger partial charge in [-0.25, -0.2) is 9.67 Å². The fourth-order valence-corrected chi connectivity index (χ4v) is 2.31. The van der Waals surface area contributed by atoms with Gasteiger partial charge in [-0.3, -0.25) is 0 Å². The first-order chi connectivity index (χ1) is 10.3. The monoisotopic (exact) mass is 281 g/mol. The molecule has 5 nitrogen and oxygen atoms in total. The molecular weight excluding hydrogens is 262 g/mol. The van der Waals surface area contributed by atoms with Crippen molar-refractivity contribution in [3.8, 4) is 5.69 Å². The molecule has 0 radical (unpaired) electrons. The summed E-state index contributed by atoms with van der Waals surface area (Å²) in [6.45, 7) is 4.00. The number of imidazole rings is 1. The Labute approximate surface area is 124 Å². The van der Waals surface area contributed by atoms with Crippen LogP contribution in [-0.4, -0.2) is 25.9 Å². The van der Waals surface area contributed by atoms with Gasteiger partial charge in [-0.15, -0.1) is 0 Å². The molecule has 0 spiro atoms. The third-order valence-electron chi connectivity index (χ3n) is 3.52. The fourth-order valence-electron chi connectivity index (χ4n) is 2.31. The van der Waals surface area contributed by atoms with Crippen LogP contribution in [0.3, 0.4) is 0 Å². The first-order valence-corrected chi connectivity index (χ1v) is 7.12. The van der Waals surface area contributed by atoms with Crippen LogP contribution >= 0.6 is 0 Å². The van der Waals surface area contributed by atoms with Crippen molar-refractivity contribution in [2.45, 2.75) is 19.5 Å². The largest absolute Gasteiger partial charge is 0.336 e. The molecule has 21 heavy (non-hydrogen) atoms. The number of benzene rings is 1. The van der Waals surface area contributed by atoms with Crippen molar-refractivity contribution >= 4 is 0 Å². The zero-order chi connectivity index (χ0) is 14.5. The normalized spacial score (nSPS) is 12.4. The smallest absolute Gasteiger partial charge is 0.0946 e. The molecule has 0 amide bonds. The first-order valence-electron chi connectivity index (χ1n) is 7.12. The van der Waals surface area contributed by atoms with E-state index in [9.17, 15) is 0 Å². The molecule has 3 rings (SSSR count). The zero-order valence-electron chi connectivity index (χ0n) is 12.1. The molecule has 0 aliphatic carbocycles. The van der Waals surface area contributed by atoms with Crippen molar-refractivity contribution in [2.24, 2.45) is 0 Å². The van der Waals surface area contributed by atoms with Gasteiger partial charge in [-0.2, -0.15) is 5.10 Å². The van der Waals surface area contributed by atoms with Crippen LogP contribution in [0.1, 0.15) is 18.5 Å². The Morgan fingerprint density at radius 2 is 2.14 bits per heavy atom. The molecule has 0 fully saturated rings. The van der Waals surface area contributed by atoms with E-state index in [1.807, 2.05) is 29.5 Å². The predicted molar refractivity (Wildman–Crippen MR) is 82.2 cm³/mol. The molecule has 5 heteroatoms. The van der Waals surface area contributed by atoms with Crippen molar-refractivity contribution in [1.82, 2.24) is 24.6 Å².